The molecule has 0 radical (unpaired) electrons. The van der Waals surface area contributed by atoms with Crippen LogP contribution in [0.25, 0.3) is 0 Å². The van der Waals surface area contributed by atoms with Gasteiger partial charge in [0.25, 0.3) is 0 Å². The molecule has 1 aliphatic carbocycles. The van der Waals surface area contributed by atoms with E-state index in [1.54, 1.807) is 6.20 Å². The van der Waals surface area contributed by atoms with Crippen molar-refractivity contribution in [1.29, 1.82) is 5.26 Å². The van der Waals surface area contributed by atoms with Crippen LogP contribution in [-0.4, -0.2) is 21.4 Å². The summed E-state index contributed by atoms with van der Waals surface area (Å²) in [6.45, 7) is 5.13. The summed E-state index contributed by atoms with van der Waals surface area (Å²) in [4.78, 5) is 0. The minimum atomic E-state index is -0.318. The van der Waals surface area contributed by atoms with Crippen molar-refractivity contribution in [3.63, 3.8) is 0 Å². The van der Waals surface area contributed by atoms with Crippen LogP contribution in [0.5, 0.6) is 0 Å². The highest BCUT2D eigenvalue weighted by Crippen LogP contribution is 2.38. The molecule has 0 spiro atoms. The van der Waals surface area contributed by atoms with Gasteiger partial charge in [-0.05, 0) is 45.1 Å². The first-order valence-electron chi connectivity index (χ1n) is 6.82. The fourth-order valence-electron chi connectivity index (χ4n) is 3.07. The molecule has 2 unspecified atom stereocenters. The van der Waals surface area contributed by atoms with E-state index >= 15 is 0 Å². The van der Waals surface area contributed by atoms with Gasteiger partial charge in [0, 0.05) is 25.0 Å². The summed E-state index contributed by atoms with van der Waals surface area (Å²) in [6, 6.07) is 4.85. The first-order valence-corrected chi connectivity index (χ1v) is 6.82. The zero-order chi connectivity index (χ0) is 13.0. The van der Waals surface area contributed by atoms with Gasteiger partial charge in [-0.1, -0.05) is 6.42 Å². The Balaban J connectivity index is 1.99. The molecule has 0 saturated heterocycles. The number of nitriles is 1. The van der Waals surface area contributed by atoms with Gasteiger partial charge in [-0.25, -0.2) is 0 Å². The lowest BCUT2D eigenvalue weighted by molar-refractivity contribution is 0.269. The minimum Gasteiger partial charge on any atom is -0.297 e. The predicted octanol–water partition coefficient (Wildman–Crippen LogP) is 2.33. The minimum absolute atomic E-state index is 0.318. The van der Waals surface area contributed by atoms with Gasteiger partial charge >= 0.3 is 0 Å². The zero-order valence-electron chi connectivity index (χ0n) is 11.3. The molecule has 2 atom stereocenters. The number of hydrogen-bond acceptors (Lipinski definition) is 3. The van der Waals surface area contributed by atoms with Crippen LogP contribution in [0, 0.1) is 17.2 Å². The Morgan fingerprint density at radius 1 is 1.61 bits per heavy atom. The Hall–Kier alpha value is -1.34. The molecule has 1 fully saturated rings. The van der Waals surface area contributed by atoms with Crippen molar-refractivity contribution in [3.05, 3.63) is 18.5 Å². The largest absolute Gasteiger partial charge is 0.297 e. The predicted molar refractivity (Wildman–Crippen MR) is 70.8 cm³/mol. The molecule has 1 N–H and O–H groups in total. The summed E-state index contributed by atoms with van der Waals surface area (Å²) >= 11 is 0. The molecule has 0 aliphatic heterocycles. The fraction of sp³-hybridized carbons (Fsp3) is 0.714. The third-order valence-electron chi connectivity index (χ3n) is 3.83. The molecule has 4 heteroatoms. The Bertz CT molecular complexity index is 404. The molecule has 98 valence electrons. The Kier molecular flexibility index (Phi) is 4.03. The second kappa shape index (κ2) is 5.53. The molecular weight excluding hydrogens is 224 g/mol. The molecule has 1 aliphatic rings. The van der Waals surface area contributed by atoms with E-state index in [9.17, 15) is 5.26 Å². The number of rotatable bonds is 5. The average Bonchev–Trinajstić information content (AvgIpc) is 2.95. The third kappa shape index (κ3) is 2.73. The van der Waals surface area contributed by atoms with Gasteiger partial charge in [0.15, 0.2) is 0 Å². The molecular formula is C14H22N4. The Morgan fingerprint density at radius 3 is 3.06 bits per heavy atom. The van der Waals surface area contributed by atoms with Crippen LogP contribution in [0.2, 0.25) is 0 Å². The van der Waals surface area contributed by atoms with Crippen LogP contribution < -0.4 is 5.32 Å². The number of nitrogens with zero attached hydrogens (tertiary/aromatic N) is 3. The maximum Gasteiger partial charge on any atom is 0.109 e. The molecule has 4 nitrogen and oxygen atoms in total. The Labute approximate surface area is 109 Å². The van der Waals surface area contributed by atoms with Crippen LogP contribution >= 0.6 is 0 Å². The normalized spacial score (nSPS) is 27.6. The highest BCUT2D eigenvalue weighted by Gasteiger charge is 2.43. The molecule has 1 aromatic rings. The van der Waals surface area contributed by atoms with Crippen LogP contribution in [0.1, 0.15) is 39.5 Å². The summed E-state index contributed by atoms with van der Waals surface area (Å²) < 4.78 is 1.95. The molecule has 1 saturated carbocycles. The summed E-state index contributed by atoms with van der Waals surface area (Å²) in [5.74, 6) is 0.439. The molecule has 0 amide bonds. The lowest BCUT2D eigenvalue weighted by Gasteiger charge is -2.32. The average molecular weight is 246 g/mol. The van der Waals surface area contributed by atoms with Crippen molar-refractivity contribution in [3.8, 4) is 6.07 Å². The highest BCUT2D eigenvalue weighted by atomic mass is 15.3. The SMILES string of the molecule is CC(C)NC1(C#N)CCCC1CCn1cccn1. The zero-order valence-corrected chi connectivity index (χ0v) is 11.3. The van der Waals surface area contributed by atoms with Gasteiger partial charge in [0.05, 0.1) is 6.07 Å². The molecule has 1 heterocycles. The van der Waals surface area contributed by atoms with Gasteiger partial charge in [0.1, 0.15) is 5.54 Å². The van der Waals surface area contributed by atoms with Crippen molar-refractivity contribution in [2.24, 2.45) is 5.92 Å². The van der Waals surface area contributed by atoms with Crippen LogP contribution in [0.3, 0.4) is 0 Å². The summed E-state index contributed by atoms with van der Waals surface area (Å²) in [5.41, 5.74) is -0.318. The molecule has 18 heavy (non-hydrogen) atoms. The standard InChI is InChI=1S/C14H22N4/c1-12(2)17-14(11-15)7-3-5-13(14)6-10-18-9-4-8-16-18/h4,8-9,12-13,17H,3,5-7,10H2,1-2H3. The highest BCUT2D eigenvalue weighted by molar-refractivity contribution is 5.14. The van der Waals surface area contributed by atoms with Gasteiger partial charge < -0.3 is 0 Å². The van der Waals surface area contributed by atoms with E-state index in [1.165, 1.54) is 0 Å². The smallest absolute Gasteiger partial charge is 0.109 e. The number of aromatic nitrogens is 2. The van der Waals surface area contributed by atoms with E-state index in [2.05, 4.69) is 30.3 Å². The van der Waals surface area contributed by atoms with Crippen molar-refractivity contribution in [2.45, 2.75) is 57.7 Å². The number of aryl methyl sites for hydroxylation is 1. The van der Waals surface area contributed by atoms with Gasteiger partial charge in [-0.15, -0.1) is 0 Å². The maximum absolute atomic E-state index is 9.56. The summed E-state index contributed by atoms with van der Waals surface area (Å²) in [5, 5.41) is 17.3. The first-order chi connectivity index (χ1) is 8.66. The molecule has 1 aromatic heterocycles. The quantitative estimate of drug-likeness (QED) is 0.867. The van der Waals surface area contributed by atoms with Gasteiger partial charge in [0.2, 0.25) is 0 Å². The Morgan fingerprint density at radius 2 is 2.44 bits per heavy atom. The monoisotopic (exact) mass is 246 g/mol. The van der Waals surface area contributed by atoms with Crippen LogP contribution in [0.4, 0.5) is 0 Å². The molecule has 0 bridgehead atoms. The number of nitrogens with one attached hydrogen (secondary N) is 1. The fourth-order valence-corrected chi connectivity index (χ4v) is 3.07. The third-order valence-corrected chi connectivity index (χ3v) is 3.83. The summed E-state index contributed by atoms with van der Waals surface area (Å²) in [7, 11) is 0. The van der Waals surface area contributed by atoms with Crippen molar-refractivity contribution >= 4 is 0 Å². The van der Waals surface area contributed by atoms with Gasteiger partial charge in [-0.2, -0.15) is 10.4 Å². The maximum atomic E-state index is 9.56. The van der Waals surface area contributed by atoms with Crippen molar-refractivity contribution in [2.75, 3.05) is 0 Å². The molecule has 2 rings (SSSR count). The van der Waals surface area contributed by atoms with Gasteiger partial charge in [-0.3, -0.25) is 10.00 Å². The first kappa shape index (κ1) is 13.1. The topological polar surface area (TPSA) is 53.6 Å². The van der Waals surface area contributed by atoms with Crippen LogP contribution in [-0.2, 0) is 6.54 Å². The van der Waals surface area contributed by atoms with E-state index in [4.69, 9.17) is 0 Å². The lowest BCUT2D eigenvalue weighted by Crippen LogP contribution is -2.50. The lowest BCUT2D eigenvalue weighted by atomic mass is 9.85. The second-order valence-electron chi connectivity index (χ2n) is 5.53. The van der Waals surface area contributed by atoms with E-state index in [-0.39, 0.29) is 5.54 Å². The van der Waals surface area contributed by atoms with E-state index in [1.807, 2.05) is 16.9 Å². The number of hydrogen-bond donors (Lipinski definition) is 1. The van der Waals surface area contributed by atoms with Crippen molar-refractivity contribution < 1.29 is 0 Å². The summed E-state index contributed by atoms with van der Waals surface area (Å²) in [6.07, 6.45) is 8.09. The van der Waals surface area contributed by atoms with Crippen LogP contribution in [0.15, 0.2) is 18.5 Å². The van der Waals surface area contributed by atoms with E-state index in [0.29, 0.717) is 12.0 Å². The second-order valence-corrected chi connectivity index (χ2v) is 5.53. The van der Waals surface area contributed by atoms with E-state index < -0.39 is 0 Å². The van der Waals surface area contributed by atoms with Crippen molar-refractivity contribution in [1.82, 2.24) is 15.1 Å². The molecule has 0 aromatic carbocycles. The van der Waals surface area contributed by atoms with E-state index in [0.717, 1.165) is 32.2 Å².